The highest BCUT2D eigenvalue weighted by Crippen LogP contribution is 2.29. The van der Waals surface area contributed by atoms with Crippen LogP contribution in [0, 0.1) is 0 Å². The van der Waals surface area contributed by atoms with Gasteiger partial charge in [-0.05, 0) is 17.5 Å². The summed E-state index contributed by atoms with van der Waals surface area (Å²) in [6.07, 6.45) is 0.136. The number of aliphatic hydroxyl groups excluding tert-OH is 1. The monoisotopic (exact) mass is 265 g/mol. The highest BCUT2D eigenvalue weighted by atomic mass is 16.5. The third-order valence-corrected chi connectivity index (χ3v) is 3.42. The van der Waals surface area contributed by atoms with Crippen LogP contribution in [0.5, 0.6) is 0 Å². The normalized spacial score (nSPS) is 20.8. The average Bonchev–Trinajstić information content (AvgIpc) is 2.38. The van der Waals surface area contributed by atoms with Crippen LogP contribution in [0.3, 0.4) is 0 Å². The van der Waals surface area contributed by atoms with Crippen molar-refractivity contribution in [2.75, 3.05) is 26.8 Å². The number of aliphatic hydroxyl groups is 1. The third-order valence-electron chi connectivity index (χ3n) is 3.42. The summed E-state index contributed by atoms with van der Waals surface area (Å²) in [6, 6.07) is 6.91. The number of carbonyl (C=O) groups is 1. The van der Waals surface area contributed by atoms with Crippen LogP contribution in [0.2, 0.25) is 0 Å². The van der Waals surface area contributed by atoms with E-state index in [-0.39, 0.29) is 6.61 Å². The molecule has 1 aliphatic rings. The second-order valence-corrected chi connectivity index (χ2v) is 4.79. The Morgan fingerprint density at radius 1 is 1.53 bits per heavy atom. The molecule has 1 aromatic rings. The zero-order valence-corrected chi connectivity index (χ0v) is 11.0. The summed E-state index contributed by atoms with van der Waals surface area (Å²) in [5.41, 5.74) is 1.90. The van der Waals surface area contributed by atoms with E-state index >= 15 is 0 Å². The van der Waals surface area contributed by atoms with Crippen LogP contribution in [0.15, 0.2) is 24.3 Å². The molecule has 0 aromatic heterocycles. The maximum absolute atomic E-state index is 11.5. The minimum absolute atomic E-state index is 0.213. The van der Waals surface area contributed by atoms with Gasteiger partial charge in [0, 0.05) is 20.2 Å². The first-order valence-electron chi connectivity index (χ1n) is 6.35. The first-order chi connectivity index (χ1) is 9.13. The van der Waals surface area contributed by atoms with Crippen LogP contribution in [0.25, 0.3) is 0 Å². The zero-order chi connectivity index (χ0) is 13.8. The summed E-state index contributed by atoms with van der Waals surface area (Å²) >= 11 is 0. The smallest absolute Gasteiger partial charge is 0.325 e. The predicted octanol–water partition coefficient (Wildman–Crippen LogP) is 0.678. The van der Waals surface area contributed by atoms with E-state index in [9.17, 15) is 15.0 Å². The molecule has 0 amide bonds. The van der Waals surface area contributed by atoms with Crippen molar-refractivity contribution in [3.8, 4) is 0 Å². The summed E-state index contributed by atoms with van der Waals surface area (Å²) in [4.78, 5) is 13.3. The molecule has 0 saturated carbocycles. The van der Waals surface area contributed by atoms with Crippen molar-refractivity contribution in [2.24, 2.45) is 0 Å². The number of carboxylic acids is 1. The van der Waals surface area contributed by atoms with Gasteiger partial charge >= 0.3 is 5.97 Å². The highest BCUT2D eigenvalue weighted by Gasteiger charge is 2.33. The van der Waals surface area contributed by atoms with E-state index in [2.05, 4.69) is 0 Å². The fraction of sp³-hybridized carbons (Fsp3) is 0.500. The topological polar surface area (TPSA) is 70.0 Å². The van der Waals surface area contributed by atoms with Crippen LogP contribution >= 0.6 is 0 Å². The fourth-order valence-corrected chi connectivity index (χ4v) is 2.62. The summed E-state index contributed by atoms with van der Waals surface area (Å²) < 4.78 is 4.89. The fourth-order valence-electron chi connectivity index (χ4n) is 2.62. The molecule has 5 nitrogen and oxygen atoms in total. The largest absolute Gasteiger partial charge is 0.480 e. The van der Waals surface area contributed by atoms with Gasteiger partial charge in [0.25, 0.3) is 0 Å². The number of ether oxygens (including phenoxy) is 1. The second-order valence-electron chi connectivity index (χ2n) is 4.79. The number of β-amino-alcohol motifs (C(OH)–C–C–N with tert-alkyl or cyclic N) is 1. The molecule has 104 valence electrons. The molecule has 1 aliphatic heterocycles. The van der Waals surface area contributed by atoms with Gasteiger partial charge in [0.05, 0.1) is 12.7 Å². The van der Waals surface area contributed by atoms with Gasteiger partial charge in [0.1, 0.15) is 6.04 Å². The minimum Gasteiger partial charge on any atom is -0.480 e. The molecule has 1 heterocycles. The maximum Gasteiger partial charge on any atom is 0.325 e. The zero-order valence-electron chi connectivity index (χ0n) is 11.0. The van der Waals surface area contributed by atoms with Crippen molar-refractivity contribution in [1.29, 1.82) is 0 Å². The molecule has 0 radical (unpaired) electrons. The van der Waals surface area contributed by atoms with Crippen LogP contribution in [0.1, 0.15) is 17.2 Å². The van der Waals surface area contributed by atoms with Crippen molar-refractivity contribution in [2.45, 2.75) is 18.6 Å². The number of fused-ring (bicyclic) bond motifs is 1. The van der Waals surface area contributed by atoms with E-state index < -0.39 is 18.1 Å². The van der Waals surface area contributed by atoms with Crippen molar-refractivity contribution in [3.63, 3.8) is 0 Å². The van der Waals surface area contributed by atoms with Gasteiger partial charge in [-0.15, -0.1) is 0 Å². The molecule has 2 unspecified atom stereocenters. The summed E-state index contributed by atoms with van der Waals surface area (Å²) in [7, 11) is 1.52. The Hall–Kier alpha value is -1.43. The van der Waals surface area contributed by atoms with Crippen molar-refractivity contribution >= 4 is 5.97 Å². The highest BCUT2D eigenvalue weighted by molar-refractivity contribution is 5.76. The molecule has 0 fully saturated rings. The number of rotatable bonds is 5. The molecule has 2 N–H and O–H groups in total. The maximum atomic E-state index is 11.5. The van der Waals surface area contributed by atoms with Crippen LogP contribution in [0.4, 0.5) is 0 Å². The van der Waals surface area contributed by atoms with Crippen LogP contribution < -0.4 is 0 Å². The minimum atomic E-state index is -0.878. The molecule has 0 aliphatic carbocycles. The molecule has 5 heteroatoms. The van der Waals surface area contributed by atoms with E-state index in [4.69, 9.17) is 4.74 Å². The van der Waals surface area contributed by atoms with Crippen molar-refractivity contribution < 1.29 is 19.7 Å². The Bertz CT molecular complexity index is 449. The lowest BCUT2D eigenvalue weighted by atomic mass is 9.92. The van der Waals surface area contributed by atoms with E-state index in [1.807, 2.05) is 24.3 Å². The standard InChI is InChI=1S/C14H19NO4/c1-19-9-11(16)8-15-7-6-10-4-2-3-5-12(10)13(15)14(17)18/h2-5,11,13,16H,6-9H2,1H3,(H,17,18). The SMILES string of the molecule is COCC(O)CN1CCc2ccccc2C1C(=O)O. The average molecular weight is 265 g/mol. The van der Waals surface area contributed by atoms with Gasteiger partial charge in [-0.2, -0.15) is 0 Å². The number of methoxy groups -OCH3 is 1. The number of hydrogen-bond acceptors (Lipinski definition) is 4. The van der Waals surface area contributed by atoms with Gasteiger partial charge in [0.2, 0.25) is 0 Å². The number of aliphatic carboxylic acids is 1. The van der Waals surface area contributed by atoms with Crippen molar-refractivity contribution in [1.82, 2.24) is 4.90 Å². The predicted molar refractivity (Wildman–Crippen MR) is 70.0 cm³/mol. The van der Waals surface area contributed by atoms with E-state index in [0.29, 0.717) is 13.1 Å². The molecule has 0 bridgehead atoms. The molecular weight excluding hydrogens is 246 g/mol. The Labute approximate surface area is 112 Å². The van der Waals surface area contributed by atoms with Crippen molar-refractivity contribution in [3.05, 3.63) is 35.4 Å². The quantitative estimate of drug-likeness (QED) is 0.819. The molecule has 2 rings (SSSR count). The molecular formula is C14H19NO4. The molecule has 2 atom stereocenters. The number of hydrogen-bond donors (Lipinski definition) is 2. The van der Waals surface area contributed by atoms with Gasteiger partial charge in [-0.1, -0.05) is 24.3 Å². The van der Waals surface area contributed by atoms with Crippen LogP contribution in [-0.4, -0.2) is 54.0 Å². The number of carboxylic acid groups (broad SMARTS) is 1. The van der Waals surface area contributed by atoms with E-state index in [0.717, 1.165) is 17.5 Å². The summed E-state index contributed by atoms with van der Waals surface area (Å²) in [6.45, 7) is 1.15. The van der Waals surface area contributed by atoms with Gasteiger partial charge in [-0.25, -0.2) is 0 Å². The molecule has 0 spiro atoms. The lowest BCUT2D eigenvalue weighted by Gasteiger charge is -2.35. The van der Waals surface area contributed by atoms with Gasteiger partial charge < -0.3 is 14.9 Å². The first kappa shape index (κ1) is 14.0. The molecule has 1 aromatic carbocycles. The summed E-state index contributed by atoms with van der Waals surface area (Å²) in [5.74, 6) is -0.878. The Morgan fingerprint density at radius 3 is 2.95 bits per heavy atom. The van der Waals surface area contributed by atoms with Crippen LogP contribution in [-0.2, 0) is 16.0 Å². The van der Waals surface area contributed by atoms with Gasteiger partial charge in [0.15, 0.2) is 0 Å². The summed E-state index contributed by atoms with van der Waals surface area (Å²) in [5, 5.41) is 19.2. The first-order valence-corrected chi connectivity index (χ1v) is 6.35. The lowest BCUT2D eigenvalue weighted by Crippen LogP contribution is -2.44. The second kappa shape index (κ2) is 6.14. The molecule has 0 saturated heterocycles. The molecule has 19 heavy (non-hydrogen) atoms. The van der Waals surface area contributed by atoms with Gasteiger partial charge in [-0.3, -0.25) is 9.69 Å². The van der Waals surface area contributed by atoms with E-state index in [1.54, 1.807) is 4.90 Å². The number of benzene rings is 1. The number of nitrogens with zero attached hydrogens (tertiary/aromatic N) is 1. The Kier molecular flexibility index (Phi) is 4.52. The lowest BCUT2D eigenvalue weighted by molar-refractivity contribution is -0.144. The Morgan fingerprint density at radius 2 is 2.26 bits per heavy atom. The van der Waals surface area contributed by atoms with E-state index in [1.165, 1.54) is 7.11 Å². The third kappa shape index (κ3) is 3.12. The Balaban J connectivity index is 2.20.